The number of aliphatic hydroxyl groups excluding tert-OH is 2. The Morgan fingerprint density at radius 2 is 1.87 bits per heavy atom. The lowest BCUT2D eigenvalue weighted by atomic mass is 9.47. The summed E-state index contributed by atoms with van der Waals surface area (Å²) < 4.78 is 0. The number of aromatic hydroxyl groups is 1. The second kappa shape index (κ2) is 8.24. The number of primary amides is 1. The molecule has 39 heavy (non-hydrogen) atoms. The lowest BCUT2D eigenvalue weighted by molar-refractivity contribution is -0.139. The maximum atomic E-state index is 14.3. The Morgan fingerprint density at radius 3 is 2.41 bits per heavy atom. The van der Waals surface area contributed by atoms with Crippen molar-refractivity contribution in [3.63, 3.8) is 0 Å². The summed E-state index contributed by atoms with van der Waals surface area (Å²) in [5, 5.41) is 45.9. The van der Waals surface area contributed by atoms with Gasteiger partial charge in [-0.2, -0.15) is 5.26 Å². The van der Waals surface area contributed by atoms with E-state index in [-0.39, 0.29) is 17.7 Å². The number of carbonyl (C=O) groups is 3. The van der Waals surface area contributed by atoms with Crippen molar-refractivity contribution in [1.29, 1.82) is 5.26 Å². The molecule has 1 aromatic carbocycles. The van der Waals surface area contributed by atoms with E-state index >= 15 is 0 Å². The summed E-state index contributed by atoms with van der Waals surface area (Å²) in [7, 11) is 2.95. The van der Waals surface area contributed by atoms with Gasteiger partial charge in [0, 0.05) is 4.88 Å². The molecule has 9 N–H and O–H groups in total. The van der Waals surface area contributed by atoms with Crippen molar-refractivity contribution >= 4 is 34.6 Å². The van der Waals surface area contributed by atoms with Gasteiger partial charge >= 0.3 is 0 Å². The van der Waals surface area contributed by atoms with Gasteiger partial charge in [0.05, 0.1) is 34.3 Å². The highest BCUT2D eigenvalue weighted by Crippen LogP contribution is 2.58. The largest absolute Gasteiger partial charge is 0.509 e. The number of hydrogen-bond acceptors (Lipinski definition) is 11. The number of phenolic OH excluding ortho intramolecular Hbond substituents is 1. The number of carbonyl (C=O) groups excluding carboxylic acids is 3. The average molecular weight is 550 g/mol. The minimum Gasteiger partial charge on any atom is -0.509 e. The molecule has 3 aliphatic rings. The summed E-state index contributed by atoms with van der Waals surface area (Å²) in [5.74, 6) is -5.61. The van der Waals surface area contributed by atoms with Gasteiger partial charge in [0.15, 0.2) is 17.0 Å². The molecule has 12 heteroatoms. The molecule has 0 unspecified atom stereocenters. The van der Waals surface area contributed by atoms with Crippen LogP contribution < -0.4 is 17.2 Å². The zero-order chi connectivity index (χ0) is 28.8. The summed E-state index contributed by atoms with van der Waals surface area (Å²) in [5.41, 5.74) is 13.4. The summed E-state index contributed by atoms with van der Waals surface area (Å²) in [6.45, 7) is 1.92. The van der Waals surface area contributed by atoms with Crippen molar-refractivity contribution in [2.45, 2.75) is 36.9 Å². The van der Waals surface area contributed by atoms with E-state index in [1.165, 1.54) is 36.4 Å². The SMILES string of the molecule is Cc1csc(-c2ccc(O)c3c2C[C@@]2(N)C[C@@]4(N)[C@H](N(C)C)C(=O)C(C(N)=O)=C(O)[C@@]4(C#N)C(=O)C2=C3O)c1. The van der Waals surface area contributed by atoms with Gasteiger partial charge in [-0.15, -0.1) is 11.3 Å². The third-order valence-electron chi connectivity index (χ3n) is 8.13. The maximum Gasteiger partial charge on any atom is 0.255 e. The summed E-state index contributed by atoms with van der Waals surface area (Å²) in [4.78, 5) is 42.3. The van der Waals surface area contributed by atoms with Gasteiger partial charge in [-0.1, -0.05) is 0 Å². The molecule has 0 spiro atoms. The van der Waals surface area contributed by atoms with Gasteiger partial charge in [0.25, 0.3) is 5.91 Å². The number of nitrogens with two attached hydrogens (primary N) is 3. The molecule has 1 heterocycles. The number of aliphatic hydroxyl groups is 2. The van der Waals surface area contributed by atoms with Gasteiger partial charge in [0.2, 0.25) is 0 Å². The van der Waals surface area contributed by atoms with Crippen molar-refractivity contribution < 1.29 is 29.7 Å². The molecule has 11 nitrogen and oxygen atoms in total. The lowest BCUT2D eigenvalue weighted by Crippen LogP contribution is -2.80. The van der Waals surface area contributed by atoms with Crippen molar-refractivity contribution in [2.24, 2.45) is 22.6 Å². The molecule has 5 rings (SSSR count). The summed E-state index contributed by atoms with van der Waals surface area (Å²) in [6, 6.07) is 5.32. The Bertz CT molecular complexity index is 1620. The fourth-order valence-corrected chi connectivity index (χ4v) is 7.59. The molecule has 1 saturated carbocycles. The Hall–Kier alpha value is -4.02. The van der Waals surface area contributed by atoms with Crippen LogP contribution in [0.1, 0.15) is 23.1 Å². The Labute approximate surface area is 227 Å². The number of nitrogens with zero attached hydrogens (tertiary/aromatic N) is 2. The minimum absolute atomic E-state index is 0.0322. The van der Waals surface area contributed by atoms with Crippen molar-refractivity contribution in [3.8, 4) is 22.3 Å². The van der Waals surface area contributed by atoms with Gasteiger partial charge in [0.1, 0.15) is 22.8 Å². The van der Waals surface area contributed by atoms with Crippen molar-refractivity contribution in [2.75, 3.05) is 14.1 Å². The van der Waals surface area contributed by atoms with Gasteiger partial charge in [-0.3, -0.25) is 19.3 Å². The Kier molecular flexibility index (Phi) is 5.62. The van der Waals surface area contributed by atoms with Gasteiger partial charge < -0.3 is 32.5 Å². The lowest BCUT2D eigenvalue weighted by Gasteiger charge is -2.58. The van der Waals surface area contributed by atoms with Crippen molar-refractivity contribution in [1.82, 2.24) is 4.90 Å². The number of aryl methyl sites for hydroxylation is 1. The van der Waals surface area contributed by atoms with Gasteiger partial charge in [-0.25, -0.2) is 0 Å². The number of likely N-dealkylation sites (N-methyl/N-ethyl adjacent to an activating group) is 1. The van der Waals surface area contributed by atoms with Crippen LogP contribution in [-0.2, 0) is 20.8 Å². The fourth-order valence-electron chi connectivity index (χ4n) is 6.64. The van der Waals surface area contributed by atoms with Crippen LogP contribution in [0.4, 0.5) is 0 Å². The number of thiophene rings is 1. The molecule has 0 radical (unpaired) electrons. The number of rotatable bonds is 3. The molecule has 2 aromatic rings. The van der Waals surface area contributed by atoms with E-state index in [2.05, 4.69) is 0 Å². The van der Waals surface area contributed by atoms with Crippen LogP contribution >= 0.6 is 11.3 Å². The van der Waals surface area contributed by atoms with E-state index in [0.29, 0.717) is 11.1 Å². The van der Waals surface area contributed by atoms with Crippen LogP contribution in [0.2, 0.25) is 0 Å². The first-order valence-electron chi connectivity index (χ1n) is 12.0. The number of ketones is 2. The maximum absolute atomic E-state index is 14.3. The molecule has 1 fully saturated rings. The quantitative estimate of drug-likeness (QED) is 0.298. The van der Waals surface area contributed by atoms with Crippen molar-refractivity contribution in [3.05, 3.63) is 57.2 Å². The number of Topliss-reactive ketones (excluding diaryl/α,β-unsaturated/α-hetero) is 2. The first-order chi connectivity index (χ1) is 18.2. The molecule has 0 bridgehead atoms. The smallest absolute Gasteiger partial charge is 0.255 e. The number of nitriles is 1. The first-order valence-corrected chi connectivity index (χ1v) is 12.9. The molecule has 202 valence electrons. The Balaban J connectivity index is 1.87. The Morgan fingerprint density at radius 1 is 1.21 bits per heavy atom. The molecule has 1 amide bonds. The zero-order valence-electron chi connectivity index (χ0n) is 21.4. The number of phenols is 1. The third kappa shape index (κ3) is 3.15. The third-order valence-corrected chi connectivity index (χ3v) is 9.21. The predicted molar refractivity (Wildman–Crippen MR) is 142 cm³/mol. The molecule has 1 aromatic heterocycles. The number of amides is 1. The van der Waals surface area contributed by atoms with E-state index in [9.17, 15) is 35.0 Å². The van der Waals surface area contributed by atoms with E-state index in [4.69, 9.17) is 17.2 Å². The average Bonchev–Trinajstić information content (AvgIpc) is 3.23. The summed E-state index contributed by atoms with van der Waals surface area (Å²) >= 11 is 1.45. The van der Waals surface area contributed by atoms with E-state index in [1.54, 1.807) is 12.1 Å². The standard InChI is InChI=1S/C27H27N5O6S/c1-11-6-15(39-8-11)12-4-5-14(33)16-13(12)7-25(30)9-27(31)21(32(2)3)20(35)17(24(29)38)22(36)26(27,10-28)23(37)18(25)19(16)34/h4-6,8,21,33-34,36H,7,9,30-31H2,1-3H3,(H2,29,38)/t21-,25-,26+,27-/m1/s1. The van der Waals surface area contributed by atoms with Crippen LogP contribution in [0, 0.1) is 23.7 Å². The molecular weight excluding hydrogens is 522 g/mol. The number of benzene rings is 1. The fraction of sp³-hybridized carbons (Fsp3) is 0.333. The van der Waals surface area contributed by atoms with E-state index in [1.807, 2.05) is 18.4 Å². The van der Waals surface area contributed by atoms with Crippen LogP contribution in [0.25, 0.3) is 16.2 Å². The molecule has 0 aliphatic heterocycles. The summed E-state index contributed by atoms with van der Waals surface area (Å²) in [6.07, 6.45) is -0.502. The second-order valence-electron chi connectivity index (χ2n) is 10.8. The van der Waals surface area contributed by atoms with Crippen LogP contribution in [0.3, 0.4) is 0 Å². The zero-order valence-corrected chi connectivity index (χ0v) is 22.2. The van der Waals surface area contributed by atoms with Gasteiger partial charge in [-0.05, 0) is 74.1 Å². The first kappa shape index (κ1) is 26.6. The predicted octanol–water partition coefficient (Wildman–Crippen LogP) is 0.942. The van der Waals surface area contributed by atoms with Crippen LogP contribution in [0.15, 0.2) is 40.5 Å². The normalized spacial score (nSPS) is 30.1. The van der Waals surface area contributed by atoms with Crippen LogP contribution in [0.5, 0.6) is 5.75 Å². The van der Waals surface area contributed by atoms with E-state index < -0.39 is 69.1 Å². The van der Waals surface area contributed by atoms with Crippen LogP contribution in [-0.4, -0.2) is 68.9 Å². The molecule has 3 aliphatic carbocycles. The highest BCUT2D eigenvalue weighted by molar-refractivity contribution is 7.13. The minimum atomic E-state index is -2.68. The number of hydrogen-bond donors (Lipinski definition) is 6. The molecule has 0 saturated heterocycles. The second-order valence-corrected chi connectivity index (χ2v) is 11.7. The monoisotopic (exact) mass is 549 g/mol. The highest BCUT2D eigenvalue weighted by atomic mass is 32.1. The molecule has 4 atom stereocenters. The van der Waals surface area contributed by atoms with E-state index in [0.717, 1.165) is 10.4 Å². The topological polar surface area (TPSA) is 217 Å². The highest BCUT2D eigenvalue weighted by Gasteiger charge is 2.74. The molecular formula is C27H27N5O6S. The number of fused-ring (bicyclic) bond motifs is 3.